The van der Waals surface area contributed by atoms with Crippen molar-refractivity contribution in [2.24, 2.45) is 0 Å². The van der Waals surface area contributed by atoms with E-state index in [1.807, 2.05) is 18.2 Å². The van der Waals surface area contributed by atoms with Gasteiger partial charge in [-0.25, -0.2) is 4.79 Å². The first-order valence-corrected chi connectivity index (χ1v) is 8.62. The van der Waals surface area contributed by atoms with Gasteiger partial charge in [0.05, 0.1) is 16.5 Å². The first-order chi connectivity index (χ1) is 12.6. The zero-order chi connectivity index (χ0) is 18.1. The van der Waals surface area contributed by atoms with Crippen molar-refractivity contribution in [3.63, 3.8) is 0 Å². The molecule has 5 heteroatoms. The Labute approximate surface area is 149 Å². The number of carbonyl (C=O) groups excluding carboxylic acids is 2. The molecular weight excluding hydrogens is 330 g/mol. The van der Waals surface area contributed by atoms with Crippen molar-refractivity contribution < 1.29 is 14.0 Å². The maximum Gasteiger partial charge on any atom is 0.343 e. The van der Waals surface area contributed by atoms with Crippen molar-refractivity contribution >= 4 is 22.6 Å². The molecule has 26 heavy (non-hydrogen) atoms. The lowest BCUT2D eigenvalue weighted by Crippen LogP contribution is -2.30. The molecule has 4 rings (SSSR count). The summed E-state index contributed by atoms with van der Waals surface area (Å²) in [5.41, 5.74) is 0.606. The second-order valence-electron chi connectivity index (χ2n) is 6.35. The van der Waals surface area contributed by atoms with Crippen LogP contribution in [0.4, 0.5) is 0 Å². The number of amides is 2. The SMILES string of the molecule is O=C1c2ccccc2C(=O)N1CCCCc1cc2ccccc2c(=O)o1. The van der Waals surface area contributed by atoms with Crippen molar-refractivity contribution in [1.82, 2.24) is 4.90 Å². The molecule has 0 saturated carbocycles. The van der Waals surface area contributed by atoms with Gasteiger partial charge in [0.15, 0.2) is 0 Å². The van der Waals surface area contributed by atoms with E-state index in [-0.39, 0.29) is 17.4 Å². The summed E-state index contributed by atoms with van der Waals surface area (Å²) >= 11 is 0. The number of aryl methyl sites for hydroxylation is 1. The topological polar surface area (TPSA) is 67.6 Å². The van der Waals surface area contributed by atoms with E-state index in [0.717, 1.165) is 5.39 Å². The van der Waals surface area contributed by atoms with Crippen molar-refractivity contribution in [1.29, 1.82) is 0 Å². The average molecular weight is 347 g/mol. The van der Waals surface area contributed by atoms with E-state index in [1.165, 1.54) is 4.90 Å². The molecule has 0 saturated heterocycles. The predicted octanol–water partition coefficient (Wildman–Crippen LogP) is 3.41. The average Bonchev–Trinajstić information content (AvgIpc) is 2.90. The number of fused-ring (bicyclic) bond motifs is 2. The third-order valence-electron chi connectivity index (χ3n) is 4.65. The number of carbonyl (C=O) groups is 2. The Hall–Kier alpha value is -3.21. The molecule has 2 aromatic carbocycles. The quantitative estimate of drug-likeness (QED) is 0.524. The number of unbranched alkanes of at least 4 members (excludes halogenated alkanes) is 1. The van der Waals surface area contributed by atoms with Gasteiger partial charge in [-0.3, -0.25) is 14.5 Å². The summed E-state index contributed by atoms with van der Waals surface area (Å²) in [6.45, 7) is 0.365. The molecule has 2 heterocycles. The Morgan fingerprint density at radius 1 is 0.808 bits per heavy atom. The van der Waals surface area contributed by atoms with Crippen LogP contribution in [0.1, 0.15) is 39.3 Å². The van der Waals surface area contributed by atoms with Crippen LogP contribution in [0.3, 0.4) is 0 Å². The first kappa shape index (κ1) is 16.3. The van der Waals surface area contributed by atoms with Crippen molar-refractivity contribution in [2.75, 3.05) is 6.54 Å². The van der Waals surface area contributed by atoms with E-state index < -0.39 is 0 Å². The van der Waals surface area contributed by atoms with Crippen LogP contribution >= 0.6 is 0 Å². The van der Waals surface area contributed by atoms with Crippen LogP contribution in [0.15, 0.2) is 63.8 Å². The summed E-state index contributed by atoms with van der Waals surface area (Å²) in [6, 6.07) is 16.1. The summed E-state index contributed by atoms with van der Waals surface area (Å²) in [5, 5.41) is 1.43. The second kappa shape index (κ2) is 6.59. The Kier molecular flexibility index (Phi) is 4.13. The molecule has 0 aliphatic carbocycles. The normalized spacial score (nSPS) is 13.5. The molecule has 1 aromatic heterocycles. The highest BCUT2D eigenvalue weighted by Crippen LogP contribution is 2.23. The van der Waals surface area contributed by atoms with Crippen LogP contribution in [0, 0.1) is 0 Å². The third kappa shape index (κ3) is 2.81. The van der Waals surface area contributed by atoms with E-state index in [2.05, 4.69) is 0 Å². The smallest absolute Gasteiger partial charge is 0.343 e. The summed E-state index contributed by atoms with van der Waals surface area (Å²) in [7, 11) is 0. The summed E-state index contributed by atoms with van der Waals surface area (Å²) in [6.07, 6.45) is 1.96. The number of hydrogen-bond donors (Lipinski definition) is 0. The molecule has 5 nitrogen and oxygen atoms in total. The second-order valence-corrected chi connectivity index (χ2v) is 6.35. The van der Waals surface area contributed by atoms with E-state index >= 15 is 0 Å². The van der Waals surface area contributed by atoms with E-state index in [0.29, 0.717) is 48.1 Å². The van der Waals surface area contributed by atoms with Gasteiger partial charge in [-0.1, -0.05) is 30.3 Å². The fourth-order valence-corrected chi connectivity index (χ4v) is 3.32. The highest BCUT2D eigenvalue weighted by Gasteiger charge is 2.34. The highest BCUT2D eigenvalue weighted by molar-refractivity contribution is 6.21. The highest BCUT2D eigenvalue weighted by atomic mass is 16.4. The minimum atomic E-state index is -0.335. The van der Waals surface area contributed by atoms with Crippen LogP contribution in [0.2, 0.25) is 0 Å². The molecular formula is C21H17NO4. The van der Waals surface area contributed by atoms with Gasteiger partial charge in [0.2, 0.25) is 0 Å². The lowest BCUT2D eigenvalue weighted by Gasteiger charge is -2.13. The van der Waals surface area contributed by atoms with Gasteiger partial charge in [-0.2, -0.15) is 0 Å². The molecule has 0 fully saturated rings. The van der Waals surface area contributed by atoms with Crippen LogP contribution in [0.25, 0.3) is 10.8 Å². The standard InChI is InChI=1S/C21H17NO4/c23-19-17-10-3-4-11-18(17)20(24)22(19)12-6-5-8-15-13-14-7-1-2-9-16(14)21(25)26-15/h1-4,7,9-11,13H,5-6,8,12H2. The number of nitrogens with zero attached hydrogens (tertiary/aromatic N) is 1. The zero-order valence-electron chi connectivity index (χ0n) is 14.1. The van der Waals surface area contributed by atoms with Crippen LogP contribution < -0.4 is 5.63 Å². The van der Waals surface area contributed by atoms with Crippen LogP contribution in [-0.2, 0) is 6.42 Å². The Bertz CT molecular complexity index is 1030. The van der Waals surface area contributed by atoms with Crippen molar-refractivity contribution in [2.45, 2.75) is 19.3 Å². The van der Waals surface area contributed by atoms with Gasteiger partial charge < -0.3 is 4.42 Å². The molecule has 2 amide bonds. The van der Waals surface area contributed by atoms with Gasteiger partial charge in [-0.05, 0) is 42.5 Å². The fraction of sp³-hybridized carbons (Fsp3) is 0.190. The lowest BCUT2D eigenvalue weighted by molar-refractivity contribution is 0.0651. The number of imide groups is 1. The Morgan fingerprint density at radius 3 is 2.19 bits per heavy atom. The molecule has 3 aromatic rings. The minimum absolute atomic E-state index is 0.233. The molecule has 130 valence electrons. The van der Waals surface area contributed by atoms with Crippen LogP contribution in [0.5, 0.6) is 0 Å². The third-order valence-corrected chi connectivity index (χ3v) is 4.65. The summed E-state index contributed by atoms with van der Waals surface area (Å²) in [5.74, 6) is 0.154. The molecule has 1 aliphatic heterocycles. The minimum Gasteiger partial charge on any atom is -0.427 e. The van der Waals surface area contributed by atoms with Crippen molar-refractivity contribution in [3.05, 3.63) is 81.9 Å². The molecule has 1 aliphatic rings. The van der Waals surface area contributed by atoms with Gasteiger partial charge in [0.25, 0.3) is 11.8 Å². The van der Waals surface area contributed by atoms with Gasteiger partial charge in [0, 0.05) is 13.0 Å². The van der Waals surface area contributed by atoms with E-state index in [1.54, 1.807) is 36.4 Å². The van der Waals surface area contributed by atoms with Gasteiger partial charge in [-0.15, -0.1) is 0 Å². The number of hydrogen-bond acceptors (Lipinski definition) is 4. The summed E-state index contributed by atoms with van der Waals surface area (Å²) in [4.78, 5) is 37.9. The molecule has 0 bridgehead atoms. The van der Waals surface area contributed by atoms with Crippen molar-refractivity contribution in [3.8, 4) is 0 Å². The van der Waals surface area contributed by atoms with Gasteiger partial charge >= 0.3 is 5.63 Å². The lowest BCUT2D eigenvalue weighted by atomic mass is 10.1. The Morgan fingerprint density at radius 2 is 1.46 bits per heavy atom. The van der Waals surface area contributed by atoms with E-state index in [4.69, 9.17) is 4.42 Å². The number of benzene rings is 2. The molecule has 0 N–H and O–H groups in total. The molecule has 0 atom stereocenters. The molecule has 0 radical (unpaired) electrons. The molecule has 0 unspecified atom stereocenters. The fourth-order valence-electron chi connectivity index (χ4n) is 3.32. The Balaban J connectivity index is 1.39. The largest absolute Gasteiger partial charge is 0.427 e. The number of rotatable bonds is 5. The van der Waals surface area contributed by atoms with E-state index in [9.17, 15) is 14.4 Å². The maximum atomic E-state index is 12.3. The predicted molar refractivity (Wildman–Crippen MR) is 97.2 cm³/mol. The zero-order valence-corrected chi connectivity index (χ0v) is 14.1. The molecule has 0 spiro atoms. The summed E-state index contributed by atoms with van der Waals surface area (Å²) < 4.78 is 5.35. The van der Waals surface area contributed by atoms with Crippen LogP contribution in [-0.4, -0.2) is 23.3 Å². The monoisotopic (exact) mass is 347 g/mol. The first-order valence-electron chi connectivity index (χ1n) is 8.62. The van der Waals surface area contributed by atoms with Gasteiger partial charge in [0.1, 0.15) is 5.76 Å². The maximum absolute atomic E-state index is 12.3.